The van der Waals surface area contributed by atoms with Gasteiger partial charge >= 0.3 is 6.09 Å². The minimum Gasteiger partial charge on any atom is -0.442 e. The average Bonchev–Trinajstić information content (AvgIpc) is 3.25. The highest BCUT2D eigenvalue weighted by Crippen LogP contribution is 2.41. The fourth-order valence-electron chi connectivity index (χ4n) is 4.33. The van der Waals surface area contributed by atoms with Gasteiger partial charge in [-0.25, -0.2) is 9.80 Å². The predicted octanol–water partition coefficient (Wildman–Crippen LogP) is 5.59. The number of aldehydes is 1. The van der Waals surface area contributed by atoms with Crippen LogP contribution in [0.25, 0.3) is 0 Å². The largest absolute Gasteiger partial charge is 0.442 e. The Bertz CT molecular complexity index is 1250. The Hall–Kier alpha value is -4.59. The SMILES string of the molecule is Cn1ncc(NN(CC=O)C(=O)OC(C)(C)C)c1NC(c1ccccc1)(c1ccccc1)c1ccccc1. The molecule has 4 rings (SSSR count). The first-order valence-corrected chi connectivity index (χ1v) is 12.4. The van der Waals surface area contributed by atoms with Gasteiger partial charge in [-0.1, -0.05) is 91.0 Å². The summed E-state index contributed by atoms with van der Waals surface area (Å²) in [6, 6.07) is 30.5. The maximum Gasteiger partial charge on any atom is 0.429 e. The lowest BCUT2D eigenvalue weighted by Gasteiger charge is -2.38. The molecule has 1 aromatic heterocycles. The highest BCUT2D eigenvalue weighted by atomic mass is 16.6. The van der Waals surface area contributed by atoms with E-state index >= 15 is 0 Å². The number of nitrogens with one attached hydrogen (secondary N) is 2. The number of nitrogens with zero attached hydrogens (tertiary/aromatic N) is 3. The monoisotopic (exact) mass is 511 g/mol. The van der Waals surface area contributed by atoms with Gasteiger partial charge in [0.25, 0.3) is 0 Å². The molecule has 2 N–H and O–H groups in total. The van der Waals surface area contributed by atoms with Crippen molar-refractivity contribution in [2.45, 2.75) is 31.9 Å². The van der Waals surface area contributed by atoms with Crippen LogP contribution in [0.5, 0.6) is 0 Å². The highest BCUT2D eigenvalue weighted by Gasteiger charge is 2.38. The summed E-state index contributed by atoms with van der Waals surface area (Å²) in [6.07, 6.45) is 1.58. The minimum absolute atomic E-state index is 0.204. The Kier molecular flexibility index (Phi) is 7.81. The lowest BCUT2D eigenvalue weighted by atomic mass is 9.77. The smallest absolute Gasteiger partial charge is 0.429 e. The van der Waals surface area contributed by atoms with Crippen LogP contribution in [-0.2, 0) is 22.1 Å². The molecular weight excluding hydrogens is 478 g/mol. The van der Waals surface area contributed by atoms with Crippen LogP contribution in [0.4, 0.5) is 16.3 Å². The van der Waals surface area contributed by atoms with E-state index in [0.29, 0.717) is 17.8 Å². The van der Waals surface area contributed by atoms with E-state index < -0.39 is 17.2 Å². The molecule has 1 heterocycles. The third kappa shape index (κ3) is 5.70. The molecule has 0 aliphatic carbocycles. The van der Waals surface area contributed by atoms with E-state index in [1.807, 2.05) is 61.6 Å². The van der Waals surface area contributed by atoms with E-state index in [0.717, 1.165) is 21.7 Å². The Morgan fingerprint density at radius 1 is 0.895 bits per heavy atom. The molecule has 4 aromatic rings. The average molecular weight is 512 g/mol. The predicted molar refractivity (Wildman–Crippen MR) is 149 cm³/mol. The molecule has 1 amide bonds. The minimum atomic E-state index is -0.810. The molecule has 0 bridgehead atoms. The van der Waals surface area contributed by atoms with Crippen LogP contribution in [0.15, 0.2) is 97.2 Å². The number of benzene rings is 3. The number of hydrazine groups is 1. The van der Waals surface area contributed by atoms with E-state index in [1.165, 1.54) is 0 Å². The molecule has 0 radical (unpaired) electrons. The van der Waals surface area contributed by atoms with Crippen molar-refractivity contribution in [1.82, 2.24) is 14.8 Å². The van der Waals surface area contributed by atoms with Gasteiger partial charge in [-0.2, -0.15) is 5.10 Å². The van der Waals surface area contributed by atoms with Crippen molar-refractivity contribution in [2.24, 2.45) is 7.05 Å². The zero-order valence-electron chi connectivity index (χ0n) is 22.1. The van der Waals surface area contributed by atoms with E-state index in [1.54, 1.807) is 31.6 Å². The molecule has 0 saturated carbocycles. The molecule has 0 spiro atoms. The van der Waals surface area contributed by atoms with Gasteiger partial charge in [-0.05, 0) is 37.5 Å². The van der Waals surface area contributed by atoms with Gasteiger partial charge in [0.2, 0.25) is 0 Å². The number of anilines is 2. The second-order valence-corrected chi connectivity index (χ2v) is 9.87. The van der Waals surface area contributed by atoms with Crippen molar-refractivity contribution < 1.29 is 14.3 Å². The van der Waals surface area contributed by atoms with Gasteiger partial charge < -0.3 is 14.8 Å². The fraction of sp³-hybridized carbons (Fsp3) is 0.233. The summed E-state index contributed by atoms with van der Waals surface area (Å²) in [4.78, 5) is 24.3. The third-order valence-corrected chi connectivity index (χ3v) is 5.99. The van der Waals surface area contributed by atoms with Crippen molar-refractivity contribution in [3.05, 3.63) is 114 Å². The van der Waals surface area contributed by atoms with Crippen LogP contribution < -0.4 is 10.7 Å². The lowest BCUT2D eigenvalue weighted by Crippen LogP contribution is -2.42. The number of rotatable bonds is 9. The standard InChI is InChI=1S/C30H33N5O3/c1-29(2,3)38-28(37)35(20-21-36)33-26-22-31-34(4)27(26)32-30(23-14-8-5-9-15-23,24-16-10-6-11-17-24)25-18-12-7-13-19-25/h5-19,21-22,32-33H,20H2,1-4H3. The van der Waals surface area contributed by atoms with Crippen molar-refractivity contribution in [3.8, 4) is 0 Å². The Morgan fingerprint density at radius 3 is 1.79 bits per heavy atom. The maximum absolute atomic E-state index is 12.9. The van der Waals surface area contributed by atoms with Crippen LogP contribution in [0.3, 0.4) is 0 Å². The van der Waals surface area contributed by atoms with Crippen molar-refractivity contribution in [1.29, 1.82) is 0 Å². The molecule has 0 unspecified atom stereocenters. The third-order valence-electron chi connectivity index (χ3n) is 5.99. The summed E-state index contributed by atoms with van der Waals surface area (Å²) in [5.74, 6) is 0.612. The Balaban J connectivity index is 1.84. The summed E-state index contributed by atoms with van der Waals surface area (Å²) < 4.78 is 7.19. The summed E-state index contributed by atoms with van der Waals surface area (Å²) in [5.41, 5.74) is 5.07. The van der Waals surface area contributed by atoms with Crippen LogP contribution in [-0.4, -0.2) is 39.3 Å². The number of carbonyl (C=O) groups is 2. The maximum atomic E-state index is 12.9. The van der Waals surface area contributed by atoms with E-state index in [2.05, 4.69) is 52.2 Å². The van der Waals surface area contributed by atoms with E-state index in [-0.39, 0.29) is 6.54 Å². The molecular formula is C30H33N5O3. The second-order valence-electron chi connectivity index (χ2n) is 9.87. The molecule has 0 saturated heterocycles. The number of hydrogen-bond donors (Lipinski definition) is 2. The summed E-state index contributed by atoms with van der Waals surface area (Å²) in [7, 11) is 1.82. The summed E-state index contributed by atoms with van der Waals surface area (Å²) >= 11 is 0. The van der Waals surface area contributed by atoms with Crippen LogP contribution in [0, 0.1) is 0 Å². The molecule has 196 valence electrons. The quantitative estimate of drug-likeness (QED) is 0.173. The van der Waals surface area contributed by atoms with Crippen LogP contribution in [0.1, 0.15) is 37.5 Å². The number of carbonyl (C=O) groups excluding carboxylic acids is 2. The zero-order valence-corrected chi connectivity index (χ0v) is 22.1. The number of ether oxygens (including phenoxy) is 1. The van der Waals surface area contributed by atoms with Crippen LogP contribution >= 0.6 is 0 Å². The first-order valence-electron chi connectivity index (χ1n) is 12.4. The van der Waals surface area contributed by atoms with Gasteiger partial charge in [-0.3, -0.25) is 10.1 Å². The number of amides is 1. The van der Waals surface area contributed by atoms with Gasteiger partial charge in [0.15, 0.2) is 5.82 Å². The highest BCUT2D eigenvalue weighted by molar-refractivity contribution is 5.76. The first kappa shape index (κ1) is 26.5. The molecule has 8 heteroatoms. The summed E-state index contributed by atoms with van der Waals surface area (Å²) in [5, 5.41) is 9.35. The zero-order chi connectivity index (χ0) is 27.2. The van der Waals surface area contributed by atoms with Crippen molar-refractivity contribution in [3.63, 3.8) is 0 Å². The molecule has 0 aliphatic rings. The number of hydrogen-bond acceptors (Lipinski definition) is 6. The normalized spacial score (nSPS) is 11.5. The Labute approximate surface area is 223 Å². The number of aromatic nitrogens is 2. The van der Waals surface area contributed by atoms with E-state index in [9.17, 15) is 9.59 Å². The first-order chi connectivity index (χ1) is 18.2. The van der Waals surface area contributed by atoms with Crippen LogP contribution in [0.2, 0.25) is 0 Å². The van der Waals surface area contributed by atoms with E-state index in [4.69, 9.17) is 4.74 Å². The van der Waals surface area contributed by atoms with Gasteiger partial charge in [0, 0.05) is 7.05 Å². The molecule has 0 aliphatic heterocycles. The van der Waals surface area contributed by atoms with Crippen molar-refractivity contribution >= 4 is 23.9 Å². The molecule has 8 nitrogen and oxygen atoms in total. The topological polar surface area (TPSA) is 88.5 Å². The number of aryl methyl sites for hydroxylation is 1. The Morgan fingerprint density at radius 2 is 1.37 bits per heavy atom. The van der Waals surface area contributed by atoms with Gasteiger partial charge in [0.1, 0.15) is 29.7 Å². The molecule has 3 aromatic carbocycles. The summed E-state index contributed by atoms with van der Waals surface area (Å²) in [6.45, 7) is 5.11. The molecule has 0 fully saturated rings. The van der Waals surface area contributed by atoms with Gasteiger partial charge in [-0.15, -0.1) is 0 Å². The second kappa shape index (κ2) is 11.2. The van der Waals surface area contributed by atoms with Gasteiger partial charge in [0.05, 0.1) is 6.20 Å². The van der Waals surface area contributed by atoms with Crippen molar-refractivity contribution in [2.75, 3.05) is 17.3 Å². The lowest BCUT2D eigenvalue weighted by molar-refractivity contribution is -0.108. The molecule has 38 heavy (non-hydrogen) atoms. The fourth-order valence-corrected chi connectivity index (χ4v) is 4.33. The molecule has 0 atom stereocenters.